The largest absolute Gasteiger partial charge is 0.490 e. The van der Waals surface area contributed by atoms with E-state index in [1.807, 2.05) is 4.98 Å². The predicted octanol–water partition coefficient (Wildman–Crippen LogP) is 0.143. The van der Waals surface area contributed by atoms with E-state index >= 15 is 0 Å². The maximum Gasteiger partial charge on any atom is 0.490 e. The highest BCUT2D eigenvalue weighted by Gasteiger charge is 2.50. The van der Waals surface area contributed by atoms with Gasteiger partial charge in [0.05, 0.1) is 6.61 Å². The summed E-state index contributed by atoms with van der Waals surface area (Å²) in [6.45, 7) is -1.28. The molecule has 1 aromatic rings. The number of nitrogens with zero attached hydrogens (tertiary/aromatic N) is 4. The fourth-order valence-electron chi connectivity index (χ4n) is 2.36. The number of hydrogen-bond acceptors (Lipinski definition) is 10. The van der Waals surface area contributed by atoms with Gasteiger partial charge < -0.3 is 24.3 Å². The first kappa shape index (κ1) is 25.5. The highest BCUT2D eigenvalue weighted by molar-refractivity contribution is 7.66. The Morgan fingerprint density at radius 3 is 2.48 bits per heavy atom. The molecule has 1 aliphatic heterocycles. The second-order valence-corrected chi connectivity index (χ2v) is 10.2. The van der Waals surface area contributed by atoms with Crippen LogP contribution in [0.2, 0.25) is 0 Å². The third-order valence-electron chi connectivity index (χ3n) is 3.38. The second kappa shape index (κ2) is 9.03. The Morgan fingerprint density at radius 1 is 1.29 bits per heavy atom. The first-order valence-electron chi connectivity index (χ1n) is 7.55. The minimum Gasteiger partial charge on any atom is -0.340 e. The SMILES string of the molecule is [N-]=[N+]=N[C@@]1(COP(=O)(O)OP(=O)(O)OP(=O)(O)O)C[C@@H](F)[C@H](n2ccc(=O)[nH]c2=O)O1. The molecule has 2 unspecified atom stereocenters. The van der Waals surface area contributed by atoms with Crippen LogP contribution < -0.4 is 11.2 Å². The van der Waals surface area contributed by atoms with E-state index in [1.165, 1.54) is 0 Å². The van der Waals surface area contributed by atoms with Gasteiger partial charge in [0.1, 0.15) is 6.17 Å². The number of aromatic amines is 1. The molecule has 2 heterocycles. The summed E-state index contributed by atoms with van der Waals surface area (Å²) in [5, 5.41) is 3.12. The van der Waals surface area contributed by atoms with Crippen LogP contribution in [0.15, 0.2) is 27.0 Å². The minimum atomic E-state index is -5.82. The second-order valence-electron chi connectivity index (χ2n) is 5.75. The van der Waals surface area contributed by atoms with Crippen LogP contribution in [0.5, 0.6) is 0 Å². The van der Waals surface area contributed by atoms with Crippen molar-refractivity contribution >= 4 is 23.5 Å². The molecule has 0 bridgehead atoms. The van der Waals surface area contributed by atoms with Crippen LogP contribution in [0.25, 0.3) is 10.4 Å². The Bertz CT molecular complexity index is 1140. The van der Waals surface area contributed by atoms with Crippen molar-refractivity contribution in [1.82, 2.24) is 9.55 Å². The Kier molecular flexibility index (Phi) is 7.45. The normalized spacial score (nSPS) is 27.8. The molecule has 18 nitrogen and oxygen atoms in total. The lowest BCUT2D eigenvalue weighted by Crippen LogP contribution is -2.35. The van der Waals surface area contributed by atoms with Crippen molar-refractivity contribution in [3.63, 3.8) is 0 Å². The average Bonchev–Trinajstić information content (AvgIpc) is 2.87. The molecule has 0 saturated carbocycles. The van der Waals surface area contributed by atoms with Gasteiger partial charge in [-0.3, -0.25) is 18.9 Å². The number of phosphoric ester groups is 1. The Balaban J connectivity index is 2.21. The summed E-state index contributed by atoms with van der Waals surface area (Å²) in [5.41, 5.74) is 4.43. The van der Waals surface area contributed by atoms with Crippen LogP contribution in [-0.4, -0.2) is 47.6 Å². The van der Waals surface area contributed by atoms with E-state index in [0.717, 1.165) is 12.3 Å². The lowest BCUT2D eigenvalue weighted by atomic mass is 10.1. The average molecular weight is 511 g/mol. The standard InChI is InChI=1S/C9H13FN5O13P3/c10-5-3-9(13-14-11,26-7(5)15-2-1-6(16)12-8(15)17)4-25-30(21,22)28-31(23,24)27-29(18,19)20/h1-2,5,7H,3-4H2,(H,21,22)(H,23,24)(H,12,16,17)(H2,18,19,20)/t5-,7-,9+/m1/s1. The molecule has 1 saturated heterocycles. The predicted molar refractivity (Wildman–Crippen MR) is 92.7 cm³/mol. The summed E-state index contributed by atoms with van der Waals surface area (Å²) < 4.78 is 65.3. The number of aromatic nitrogens is 2. The third-order valence-corrected chi connectivity index (χ3v) is 7.17. The van der Waals surface area contributed by atoms with Gasteiger partial charge in [-0.15, -0.1) is 0 Å². The first-order valence-corrected chi connectivity index (χ1v) is 12.1. The molecule has 22 heteroatoms. The maximum atomic E-state index is 14.5. The molecule has 1 aromatic heterocycles. The van der Waals surface area contributed by atoms with E-state index in [0.29, 0.717) is 4.57 Å². The number of halogens is 1. The molecule has 174 valence electrons. The molecule has 5 N–H and O–H groups in total. The van der Waals surface area contributed by atoms with Crippen molar-refractivity contribution in [3.05, 3.63) is 43.5 Å². The van der Waals surface area contributed by atoms with Gasteiger partial charge in [-0.1, -0.05) is 5.11 Å². The minimum absolute atomic E-state index is 0.589. The Hall–Kier alpha value is -1.71. The van der Waals surface area contributed by atoms with Crippen LogP contribution in [0.3, 0.4) is 0 Å². The lowest BCUT2D eigenvalue weighted by Gasteiger charge is -2.25. The van der Waals surface area contributed by atoms with Crippen molar-refractivity contribution < 1.29 is 55.5 Å². The molecule has 0 aromatic carbocycles. The number of azide groups is 1. The molecule has 1 fully saturated rings. The molecular weight excluding hydrogens is 498 g/mol. The fraction of sp³-hybridized carbons (Fsp3) is 0.556. The number of nitrogens with one attached hydrogen (secondary N) is 1. The van der Waals surface area contributed by atoms with E-state index in [9.17, 15) is 32.6 Å². The lowest BCUT2D eigenvalue weighted by molar-refractivity contribution is -0.1000. The highest BCUT2D eigenvalue weighted by Crippen LogP contribution is 2.66. The van der Waals surface area contributed by atoms with Gasteiger partial charge in [0.15, 0.2) is 12.0 Å². The quantitative estimate of drug-likeness (QED) is 0.128. The highest BCUT2D eigenvalue weighted by atomic mass is 31.3. The third kappa shape index (κ3) is 7.15. The van der Waals surface area contributed by atoms with Gasteiger partial charge in [-0.05, 0) is 5.53 Å². The fourth-order valence-corrected chi connectivity index (χ4v) is 5.42. The molecule has 5 atom stereocenters. The number of alkyl halides is 1. The zero-order valence-electron chi connectivity index (χ0n) is 14.7. The summed E-state index contributed by atoms with van der Waals surface area (Å²) in [6.07, 6.45) is -3.83. The molecule has 0 amide bonds. The van der Waals surface area contributed by atoms with Gasteiger partial charge in [0, 0.05) is 23.6 Å². The van der Waals surface area contributed by atoms with Crippen molar-refractivity contribution in [2.24, 2.45) is 5.11 Å². The number of H-pyrrole nitrogens is 1. The van der Waals surface area contributed by atoms with E-state index in [-0.39, 0.29) is 0 Å². The number of hydrogen-bond donors (Lipinski definition) is 5. The van der Waals surface area contributed by atoms with Crippen molar-refractivity contribution in [2.75, 3.05) is 6.61 Å². The van der Waals surface area contributed by atoms with Crippen LogP contribution in [0.1, 0.15) is 12.6 Å². The first-order chi connectivity index (χ1) is 14.1. The smallest absolute Gasteiger partial charge is 0.340 e. The molecular formula is C9H13FN5O13P3. The number of ether oxygens (including phenoxy) is 1. The van der Waals surface area contributed by atoms with E-state index in [1.54, 1.807) is 0 Å². The van der Waals surface area contributed by atoms with Gasteiger partial charge in [-0.25, -0.2) is 22.9 Å². The molecule has 0 aliphatic carbocycles. The summed E-state index contributed by atoms with van der Waals surface area (Å²) >= 11 is 0. The summed E-state index contributed by atoms with van der Waals surface area (Å²) in [7, 11) is -17.1. The molecule has 0 radical (unpaired) electrons. The zero-order chi connectivity index (χ0) is 23.7. The molecule has 2 rings (SSSR count). The van der Waals surface area contributed by atoms with Gasteiger partial charge in [-0.2, -0.15) is 8.62 Å². The van der Waals surface area contributed by atoms with E-state index in [4.69, 9.17) is 24.9 Å². The molecule has 1 aliphatic rings. The monoisotopic (exact) mass is 511 g/mol. The van der Waals surface area contributed by atoms with Crippen LogP contribution in [0, 0.1) is 0 Å². The van der Waals surface area contributed by atoms with Crippen LogP contribution in [-0.2, 0) is 31.6 Å². The van der Waals surface area contributed by atoms with Crippen LogP contribution in [0.4, 0.5) is 4.39 Å². The van der Waals surface area contributed by atoms with Gasteiger partial charge >= 0.3 is 29.2 Å². The van der Waals surface area contributed by atoms with Crippen molar-refractivity contribution in [1.29, 1.82) is 0 Å². The summed E-state index contributed by atoms with van der Waals surface area (Å²) in [6, 6.07) is 0.858. The Morgan fingerprint density at radius 2 is 1.94 bits per heavy atom. The number of rotatable bonds is 9. The topological polar surface area (TPSA) is 273 Å². The van der Waals surface area contributed by atoms with Crippen molar-refractivity contribution in [2.45, 2.75) is 24.5 Å². The van der Waals surface area contributed by atoms with Crippen LogP contribution >= 0.6 is 23.5 Å². The van der Waals surface area contributed by atoms with Gasteiger partial charge in [0.25, 0.3) is 5.56 Å². The van der Waals surface area contributed by atoms with E-state index in [2.05, 4.69) is 23.2 Å². The Labute approximate surface area is 169 Å². The number of phosphoric acid groups is 3. The van der Waals surface area contributed by atoms with Gasteiger partial charge in [0.2, 0.25) is 0 Å². The molecule has 0 spiro atoms. The maximum absolute atomic E-state index is 14.5. The zero-order valence-corrected chi connectivity index (χ0v) is 17.4. The molecule has 31 heavy (non-hydrogen) atoms. The van der Waals surface area contributed by atoms with Crippen molar-refractivity contribution in [3.8, 4) is 0 Å². The van der Waals surface area contributed by atoms with E-state index < -0.39 is 65.9 Å². The summed E-state index contributed by atoms with van der Waals surface area (Å²) in [4.78, 5) is 62.6. The summed E-state index contributed by atoms with van der Waals surface area (Å²) in [5.74, 6) is 0.